The Morgan fingerprint density at radius 3 is 2.87 bits per heavy atom. The van der Waals surface area contributed by atoms with E-state index in [9.17, 15) is 14.5 Å². The lowest BCUT2D eigenvalue weighted by molar-refractivity contribution is -0.384. The molecule has 1 heterocycles. The number of nitro benzene ring substituents is 1. The van der Waals surface area contributed by atoms with E-state index in [0.29, 0.717) is 6.54 Å². The summed E-state index contributed by atoms with van der Waals surface area (Å²) in [6, 6.07) is 13.4. The molecule has 0 bridgehead atoms. The maximum atomic E-state index is 13.5. The van der Waals surface area contributed by atoms with Crippen LogP contribution in [0.1, 0.15) is 17.2 Å². The molecular formula is C17H18FN3O2. The van der Waals surface area contributed by atoms with Crippen LogP contribution in [0.15, 0.2) is 48.5 Å². The van der Waals surface area contributed by atoms with Gasteiger partial charge in [-0.1, -0.05) is 24.3 Å². The number of nitrogens with zero attached hydrogens (tertiary/aromatic N) is 2. The summed E-state index contributed by atoms with van der Waals surface area (Å²) in [5.41, 5.74) is 1.91. The fourth-order valence-electron chi connectivity index (χ4n) is 2.98. The first-order valence-corrected chi connectivity index (χ1v) is 7.57. The van der Waals surface area contributed by atoms with Gasteiger partial charge in [-0.15, -0.1) is 0 Å². The summed E-state index contributed by atoms with van der Waals surface area (Å²) in [4.78, 5) is 12.8. The third-order valence-electron chi connectivity index (χ3n) is 4.09. The number of nitro groups is 1. The second-order valence-electron chi connectivity index (χ2n) is 5.67. The number of non-ortho nitro benzene ring substituents is 1. The molecule has 0 aliphatic carbocycles. The molecule has 1 saturated heterocycles. The molecule has 0 aromatic heterocycles. The van der Waals surface area contributed by atoms with E-state index in [2.05, 4.69) is 10.2 Å². The van der Waals surface area contributed by atoms with Gasteiger partial charge in [0.1, 0.15) is 5.82 Å². The SMILES string of the molecule is O=[N+]([O-])c1cccc(CN2CCNCC2c2cccc(F)c2)c1. The molecule has 6 heteroatoms. The van der Waals surface area contributed by atoms with E-state index in [0.717, 1.165) is 30.8 Å². The van der Waals surface area contributed by atoms with Crippen LogP contribution in [0.2, 0.25) is 0 Å². The molecule has 2 aromatic carbocycles. The number of nitrogens with one attached hydrogen (secondary N) is 1. The van der Waals surface area contributed by atoms with Crippen molar-refractivity contribution in [1.29, 1.82) is 0 Å². The summed E-state index contributed by atoms with van der Waals surface area (Å²) in [5.74, 6) is -0.247. The molecule has 1 atom stereocenters. The largest absolute Gasteiger partial charge is 0.314 e. The van der Waals surface area contributed by atoms with Crippen molar-refractivity contribution in [2.75, 3.05) is 19.6 Å². The first-order chi connectivity index (χ1) is 11.1. The van der Waals surface area contributed by atoms with Gasteiger partial charge in [0.2, 0.25) is 0 Å². The lowest BCUT2D eigenvalue weighted by Gasteiger charge is -2.36. The van der Waals surface area contributed by atoms with Crippen LogP contribution in [-0.4, -0.2) is 29.5 Å². The predicted molar refractivity (Wildman–Crippen MR) is 85.5 cm³/mol. The first kappa shape index (κ1) is 15.6. The van der Waals surface area contributed by atoms with E-state index in [1.807, 2.05) is 12.1 Å². The second-order valence-corrected chi connectivity index (χ2v) is 5.67. The average Bonchev–Trinajstić information content (AvgIpc) is 2.55. The Morgan fingerprint density at radius 2 is 2.09 bits per heavy atom. The molecule has 120 valence electrons. The molecule has 1 aliphatic heterocycles. The van der Waals surface area contributed by atoms with Gasteiger partial charge in [0.05, 0.1) is 4.92 Å². The maximum Gasteiger partial charge on any atom is 0.269 e. The number of piperazine rings is 1. The smallest absolute Gasteiger partial charge is 0.269 e. The van der Waals surface area contributed by atoms with Crippen LogP contribution in [0, 0.1) is 15.9 Å². The third-order valence-corrected chi connectivity index (χ3v) is 4.09. The summed E-state index contributed by atoms with van der Waals surface area (Å²) < 4.78 is 13.5. The molecule has 5 nitrogen and oxygen atoms in total. The Morgan fingerprint density at radius 1 is 1.26 bits per heavy atom. The number of rotatable bonds is 4. The molecule has 1 unspecified atom stereocenters. The summed E-state index contributed by atoms with van der Waals surface area (Å²) in [6.07, 6.45) is 0. The minimum atomic E-state index is -0.384. The van der Waals surface area contributed by atoms with E-state index in [1.54, 1.807) is 24.3 Å². The van der Waals surface area contributed by atoms with Crippen molar-refractivity contribution in [3.8, 4) is 0 Å². The van der Waals surface area contributed by atoms with Crippen molar-refractivity contribution >= 4 is 5.69 Å². The van der Waals surface area contributed by atoms with Crippen molar-refractivity contribution in [3.63, 3.8) is 0 Å². The minimum absolute atomic E-state index is 0.0544. The van der Waals surface area contributed by atoms with Gasteiger partial charge in [0, 0.05) is 44.4 Å². The summed E-state index contributed by atoms with van der Waals surface area (Å²) in [5, 5.41) is 14.2. The molecule has 23 heavy (non-hydrogen) atoms. The Bertz CT molecular complexity index is 708. The lowest BCUT2D eigenvalue weighted by Crippen LogP contribution is -2.45. The van der Waals surface area contributed by atoms with Crippen LogP contribution in [-0.2, 0) is 6.54 Å². The highest BCUT2D eigenvalue weighted by Gasteiger charge is 2.24. The molecule has 3 rings (SSSR count). The topological polar surface area (TPSA) is 58.4 Å². The van der Waals surface area contributed by atoms with Gasteiger partial charge in [-0.3, -0.25) is 15.0 Å². The maximum absolute atomic E-state index is 13.5. The number of benzene rings is 2. The van der Waals surface area contributed by atoms with Crippen LogP contribution in [0.4, 0.5) is 10.1 Å². The van der Waals surface area contributed by atoms with Gasteiger partial charge in [-0.25, -0.2) is 4.39 Å². The quantitative estimate of drug-likeness (QED) is 0.696. The van der Waals surface area contributed by atoms with E-state index >= 15 is 0 Å². The zero-order valence-corrected chi connectivity index (χ0v) is 12.6. The van der Waals surface area contributed by atoms with Gasteiger partial charge in [-0.05, 0) is 23.3 Å². The van der Waals surface area contributed by atoms with Crippen LogP contribution in [0.5, 0.6) is 0 Å². The van der Waals surface area contributed by atoms with Crippen LogP contribution in [0.25, 0.3) is 0 Å². The summed E-state index contributed by atoms with van der Waals surface area (Å²) in [7, 11) is 0. The monoisotopic (exact) mass is 315 g/mol. The zero-order chi connectivity index (χ0) is 16.2. The Kier molecular flexibility index (Phi) is 4.64. The Hall–Kier alpha value is -2.31. The molecule has 0 amide bonds. The summed E-state index contributed by atoms with van der Waals surface area (Å²) >= 11 is 0. The number of hydrogen-bond acceptors (Lipinski definition) is 4. The molecule has 1 N–H and O–H groups in total. The third kappa shape index (κ3) is 3.72. The van der Waals surface area contributed by atoms with Crippen molar-refractivity contribution in [3.05, 3.63) is 75.6 Å². The highest BCUT2D eigenvalue weighted by Crippen LogP contribution is 2.25. The molecule has 0 saturated carbocycles. The average molecular weight is 315 g/mol. The van der Waals surface area contributed by atoms with E-state index in [1.165, 1.54) is 12.1 Å². The molecule has 0 spiro atoms. The summed E-state index contributed by atoms with van der Waals surface area (Å²) in [6.45, 7) is 2.99. The second kappa shape index (κ2) is 6.85. The van der Waals surface area contributed by atoms with Crippen molar-refractivity contribution in [2.45, 2.75) is 12.6 Å². The Balaban J connectivity index is 1.82. The minimum Gasteiger partial charge on any atom is -0.314 e. The first-order valence-electron chi connectivity index (χ1n) is 7.57. The van der Waals surface area contributed by atoms with Gasteiger partial charge in [-0.2, -0.15) is 0 Å². The van der Waals surface area contributed by atoms with Crippen LogP contribution in [0.3, 0.4) is 0 Å². The van der Waals surface area contributed by atoms with Crippen LogP contribution < -0.4 is 5.32 Å². The fraction of sp³-hybridized carbons (Fsp3) is 0.294. The van der Waals surface area contributed by atoms with Crippen molar-refractivity contribution < 1.29 is 9.31 Å². The van der Waals surface area contributed by atoms with Gasteiger partial charge < -0.3 is 5.32 Å². The molecular weight excluding hydrogens is 297 g/mol. The standard InChI is InChI=1S/C17H18FN3O2/c18-15-5-2-4-14(10-15)17-11-19-7-8-20(17)12-13-3-1-6-16(9-13)21(22)23/h1-6,9-10,17,19H,7-8,11-12H2. The van der Waals surface area contributed by atoms with E-state index in [4.69, 9.17) is 0 Å². The molecule has 0 radical (unpaired) electrons. The Labute approximate surface area is 133 Å². The lowest BCUT2D eigenvalue weighted by atomic mass is 10.0. The van der Waals surface area contributed by atoms with Crippen molar-refractivity contribution in [1.82, 2.24) is 10.2 Å². The highest BCUT2D eigenvalue weighted by molar-refractivity contribution is 5.34. The van der Waals surface area contributed by atoms with Crippen LogP contribution >= 0.6 is 0 Å². The molecule has 2 aromatic rings. The molecule has 1 aliphatic rings. The fourth-order valence-corrected chi connectivity index (χ4v) is 2.98. The van der Waals surface area contributed by atoms with E-state index in [-0.39, 0.29) is 22.5 Å². The highest BCUT2D eigenvalue weighted by atomic mass is 19.1. The normalized spacial score (nSPS) is 18.7. The van der Waals surface area contributed by atoms with E-state index < -0.39 is 0 Å². The van der Waals surface area contributed by atoms with Crippen molar-refractivity contribution in [2.24, 2.45) is 0 Å². The predicted octanol–water partition coefficient (Wildman–Crippen LogP) is 2.88. The zero-order valence-electron chi connectivity index (χ0n) is 12.6. The van der Waals surface area contributed by atoms with Gasteiger partial charge >= 0.3 is 0 Å². The number of hydrogen-bond donors (Lipinski definition) is 1. The van der Waals surface area contributed by atoms with Gasteiger partial charge in [0.25, 0.3) is 5.69 Å². The van der Waals surface area contributed by atoms with Gasteiger partial charge in [0.15, 0.2) is 0 Å². The number of halogens is 1. The molecule has 1 fully saturated rings.